The van der Waals surface area contributed by atoms with Crippen molar-refractivity contribution in [3.8, 4) is 5.75 Å². The number of nitrogens with zero attached hydrogens (tertiary/aromatic N) is 1. The Labute approximate surface area is 113 Å². The zero-order chi connectivity index (χ0) is 13.2. The highest BCUT2D eigenvalue weighted by Gasteiger charge is 2.18. The number of sulfonamides is 1. The molecule has 1 aromatic heterocycles. The van der Waals surface area contributed by atoms with Crippen molar-refractivity contribution < 1.29 is 13.5 Å². The first-order valence-corrected chi connectivity index (χ1v) is 7.18. The second-order valence-corrected chi connectivity index (χ2v) is 5.93. The molecule has 0 amide bonds. The summed E-state index contributed by atoms with van der Waals surface area (Å²) in [5.74, 6) is -0.296. The number of rotatable bonds is 3. The third-order valence-corrected chi connectivity index (χ3v) is 4.22. The number of nitrogens with one attached hydrogen (secondary N) is 1. The van der Waals surface area contributed by atoms with Gasteiger partial charge in [-0.3, -0.25) is 9.71 Å². The van der Waals surface area contributed by atoms with E-state index in [2.05, 4.69) is 25.6 Å². The molecule has 7 heteroatoms. The molecule has 0 saturated carbocycles. The molecule has 0 saturated heterocycles. The van der Waals surface area contributed by atoms with Gasteiger partial charge in [0.2, 0.25) is 0 Å². The Morgan fingerprint density at radius 3 is 2.61 bits per heavy atom. The van der Waals surface area contributed by atoms with E-state index in [1.54, 1.807) is 6.07 Å². The van der Waals surface area contributed by atoms with Crippen LogP contribution in [0.15, 0.2) is 52.1 Å². The van der Waals surface area contributed by atoms with Gasteiger partial charge in [0.15, 0.2) is 0 Å². The van der Waals surface area contributed by atoms with Crippen molar-refractivity contribution in [2.24, 2.45) is 0 Å². The smallest absolute Gasteiger partial charge is 0.265 e. The van der Waals surface area contributed by atoms with Crippen molar-refractivity contribution >= 4 is 31.6 Å². The predicted octanol–water partition coefficient (Wildman–Crippen LogP) is 2.35. The number of pyridine rings is 1. The Morgan fingerprint density at radius 2 is 1.94 bits per heavy atom. The minimum Gasteiger partial charge on any atom is -0.507 e. The van der Waals surface area contributed by atoms with Crippen LogP contribution in [0, 0.1) is 0 Å². The molecule has 0 aliphatic rings. The number of para-hydroxylation sites is 1. The molecule has 0 aliphatic carbocycles. The quantitative estimate of drug-likeness (QED) is 0.906. The molecular weight excluding hydrogens is 320 g/mol. The topological polar surface area (TPSA) is 79.3 Å². The molecule has 94 valence electrons. The minimum absolute atomic E-state index is 0.172. The largest absolute Gasteiger partial charge is 0.507 e. The third-order valence-electron chi connectivity index (χ3n) is 2.17. The van der Waals surface area contributed by atoms with E-state index in [0.717, 1.165) is 0 Å². The van der Waals surface area contributed by atoms with Crippen LogP contribution in [0.3, 0.4) is 0 Å². The minimum atomic E-state index is -3.82. The van der Waals surface area contributed by atoms with Crippen LogP contribution in [-0.4, -0.2) is 18.5 Å². The second kappa shape index (κ2) is 4.95. The standard InChI is InChI=1S/C11H9BrN2O3S/c12-8-7-13-6-5-9(8)14-18(16,17)11-4-2-1-3-10(11)15/h1-7,15H,(H,13,14). The van der Waals surface area contributed by atoms with E-state index < -0.39 is 10.0 Å². The molecule has 18 heavy (non-hydrogen) atoms. The fourth-order valence-corrected chi connectivity index (χ4v) is 3.00. The predicted molar refractivity (Wildman–Crippen MR) is 70.9 cm³/mol. The highest BCUT2D eigenvalue weighted by Crippen LogP contribution is 2.27. The Morgan fingerprint density at radius 1 is 1.22 bits per heavy atom. The molecule has 5 nitrogen and oxygen atoms in total. The van der Waals surface area contributed by atoms with E-state index in [-0.39, 0.29) is 10.6 Å². The number of anilines is 1. The van der Waals surface area contributed by atoms with Gasteiger partial charge in [0.1, 0.15) is 10.6 Å². The molecule has 0 fully saturated rings. The van der Waals surface area contributed by atoms with Gasteiger partial charge in [-0.15, -0.1) is 0 Å². The lowest BCUT2D eigenvalue weighted by molar-refractivity contribution is 0.459. The van der Waals surface area contributed by atoms with Crippen LogP contribution in [-0.2, 0) is 10.0 Å². The molecular formula is C11H9BrN2O3S. The molecule has 1 heterocycles. The van der Waals surface area contributed by atoms with Crippen LogP contribution >= 0.6 is 15.9 Å². The molecule has 2 rings (SSSR count). The van der Waals surface area contributed by atoms with E-state index in [0.29, 0.717) is 10.2 Å². The number of phenols is 1. The van der Waals surface area contributed by atoms with Gasteiger partial charge in [0, 0.05) is 12.4 Å². The molecule has 2 aromatic rings. The summed E-state index contributed by atoms with van der Waals surface area (Å²) in [5.41, 5.74) is 0.355. The molecule has 1 aromatic carbocycles. The lowest BCUT2D eigenvalue weighted by Gasteiger charge is -2.10. The van der Waals surface area contributed by atoms with Gasteiger partial charge in [0.05, 0.1) is 10.2 Å². The zero-order valence-corrected chi connectivity index (χ0v) is 11.4. The Hall–Kier alpha value is -1.60. The van der Waals surface area contributed by atoms with Crippen molar-refractivity contribution in [1.29, 1.82) is 0 Å². The van der Waals surface area contributed by atoms with Crippen LogP contribution in [0.25, 0.3) is 0 Å². The van der Waals surface area contributed by atoms with E-state index in [1.807, 2.05) is 0 Å². The molecule has 0 bridgehead atoms. The van der Waals surface area contributed by atoms with Crippen LogP contribution in [0.4, 0.5) is 5.69 Å². The highest BCUT2D eigenvalue weighted by molar-refractivity contribution is 9.10. The van der Waals surface area contributed by atoms with Gasteiger partial charge in [-0.1, -0.05) is 12.1 Å². The van der Waals surface area contributed by atoms with Crippen LogP contribution in [0.5, 0.6) is 5.75 Å². The zero-order valence-electron chi connectivity index (χ0n) is 9.04. The monoisotopic (exact) mass is 328 g/mol. The number of hydrogen-bond acceptors (Lipinski definition) is 4. The van der Waals surface area contributed by atoms with Crippen LogP contribution in [0.2, 0.25) is 0 Å². The van der Waals surface area contributed by atoms with Gasteiger partial charge in [-0.05, 0) is 34.1 Å². The fourth-order valence-electron chi connectivity index (χ4n) is 1.34. The second-order valence-electron chi connectivity index (χ2n) is 3.43. The van der Waals surface area contributed by atoms with E-state index >= 15 is 0 Å². The van der Waals surface area contributed by atoms with Crippen LogP contribution < -0.4 is 4.72 Å². The fraction of sp³-hybridized carbons (Fsp3) is 0. The summed E-state index contributed by atoms with van der Waals surface area (Å²) in [6.45, 7) is 0. The van der Waals surface area contributed by atoms with E-state index in [9.17, 15) is 13.5 Å². The third kappa shape index (κ3) is 2.62. The summed E-state index contributed by atoms with van der Waals surface area (Å²) in [4.78, 5) is 3.66. The number of halogens is 1. The van der Waals surface area contributed by atoms with Crippen molar-refractivity contribution in [2.45, 2.75) is 4.90 Å². The summed E-state index contributed by atoms with van der Waals surface area (Å²) >= 11 is 3.19. The van der Waals surface area contributed by atoms with E-state index in [4.69, 9.17) is 0 Å². The maximum absolute atomic E-state index is 12.1. The molecule has 0 aliphatic heterocycles. The van der Waals surface area contributed by atoms with Gasteiger partial charge in [-0.2, -0.15) is 0 Å². The summed E-state index contributed by atoms with van der Waals surface area (Å²) in [6, 6.07) is 7.25. The molecule has 0 spiro atoms. The number of phenolic OH excluding ortho intramolecular Hbond substituents is 1. The van der Waals surface area contributed by atoms with Crippen molar-refractivity contribution in [2.75, 3.05) is 4.72 Å². The number of benzene rings is 1. The number of hydrogen-bond donors (Lipinski definition) is 2. The Bertz CT molecular complexity index is 673. The highest BCUT2D eigenvalue weighted by atomic mass is 79.9. The summed E-state index contributed by atoms with van der Waals surface area (Å²) in [6.07, 6.45) is 2.94. The van der Waals surface area contributed by atoms with E-state index in [1.165, 1.54) is 36.7 Å². The number of aromatic hydroxyl groups is 1. The van der Waals surface area contributed by atoms with Crippen LogP contribution in [0.1, 0.15) is 0 Å². The average molecular weight is 329 g/mol. The van der Waals surface area contributed by atoms with Gasteiger partial charge >= 0.3 is 0 Å². The summed E-state index contributed by atoms with van der Waals surface area (Å²) < 4.78 is 27.0. The van der Waals surface area contributed by atoms with Crippen molar-refractivity contribution in [3.63, 3.8) is 0 Å². The van der Waals surface area contributed by atoms with Gasteiger partial charge < -0.3 is 5.11 Å². The summed E-state index contributed by atoms with van der Waals surface area (Å²) in [5, 5.41) is 9.55. The van der Waals surface area contributed by atoms with Gasteiger partial charge in [-0.25, -0.2) is 8.42 Å². The van der Waals surface area contributed by atoms with Crippen molar-refractivity contribution in [1.82, 2.24) is 4.98 Å². The SMILES string of the molecule is O=S(=O)(Nc1ccncc1Br)c1ccccc1O. The van der Waals surface area contributed by atoms with Crippen molar-refractivity contribution in [3.05, 3.63) is 47.2 Å². The lowest BCUT2D eigenvalue weighted by atomic mass is 10.3. The maximum atomic E-state index is 12.1. The van der Waals surface area contributed by atoms with Gasteiger partial charge in [0.25, 0.3) is 10.0 Å². The first-order chi connectivity index (χ1) is 8.50. The lowest BCUT2D eigenvalue weighted by Crippen LogP contribution is -2.13. The normalized spacial score (nSPS) is 11.2. The Kier molecular flexibility index (Phi) is 3.53. The molecule has 0 atom stereocenters. The molecule has 0 radical (unpaired) electrons. The first-order valence-electron chi connectivity index (χ1n) is 4.91. The first kappa shape index (κ1) is 12.8. The maximum Gasteiger partial charge on any atom is 0.265 e. The Balaban J connectivity index is 2.40. The summed E-state index contributed by atoms with van der Waals surface area (Å²) in [7, 11) is -3.82. The average Bonchev–Trinajstić information content (AvgIpc) is 2.32. The molecule has 2 N–H and O–H groups in total. The number of aromatic nitrogens is 1. The molecule has 0 unspecified atom stereocenters.